The van der Waals surface area contributed by atoms with Crippen molar-refractivity contribution in [1.29, 1.82) is 0 Å². The molecule has 238 valence electrons. The van der Waals surface area contributed by atoms with Crippen molar-refractivity contribution in [1.82, 2.24) is 0 Å². The molecule has 0 amide bonds. The predicted octanol–water partition coefficient (Wildman–Crippen LogP) is 5.19. The van der Waals surface area contributed by atoms with Crippen LogP contribution < -0.4 is 5.73 Å². The molecule has 0 spiro atoms. The van der Waals surface area contributed by atoms with E-state index in [1.54, 1.807) is 14.2 Å². The molecule has 0 fully saturated rings. The van der Waals surface area contributed by atoms with Gasteiger partial charge in [0, 0.05) is 46.1 Å². The fraction of sp³-hybridized carbons (Fsp3) is 0.438. The fourth-order valence-electron chi connectivity index (χ4n) is 3.38. The first-order valence-electron chi connectivity index (χ1n) is 14.0. The van der Waals surface area contributed by atoms with Gasteiger partial charge in [-0.3, -0.25) is 0 Å². The lowest BCUT2D eigenvalue weighted by Gasteiger charge is -2.07. The number of oxime groups is 2. The fourth-order valence-corrected chi connectivity index (χ4v) is 3.38. The average molecular weight is 602 g/mol. The molecule has 43 heavy (non-hydrogen) atoms. The van der Waals surface area contributed by atoms with Crippen molar-refractivity contribution in [2.24, 2.45) is 16.0 Å². The maximum Gasteiger partial charge on any atom is 0.328 e. The third kappa shape index (κ3) is 21.3. The molecule has 0 aliphatic rings. The van der Waals surface area contributed by atoms with E-state index in [4.69, 9.17) is 35.5 Å². The third-order valence-electron chi connectivity index (χ3n) is 5.67. The van der Waals surface area contributed by atoms with Crippen LogP contribution in [0.1, 0.15) is 60.8 Å². The van der Waals surface area contributed by atoms with Crippen LogP contribution in [-0.2, 0) is 23.9 Å². The van der Waals surface area contributed by atoms with Crippen LogP contribution in [0.2, 0.25) is 0 Å². The Bertz CT molecular complexity index is 1100. The van der Waals surface area contributed by atoms with Crippen LogP contribution in [0, 0.1) is 13.8 Å². The van der Waals surface area contributed by atoms with Gasteiger partial charge in [0.2, 0.25) is 0 Å². The first-order valence-corrected chi connectivity index (χ1v) is 14.0. The summed E-state index contributed by atoms with van der Waals surface area (Å²) >= 11 is 0. The summed E-state index contributed by atoms with van der Waals surface area (Å²) in [6.07, 6.45) is 6.80. The molecule has 0 saturated carbocycles. The molecule has 0 aliphatic heterocycles. The van der Waals surface area contributed by atoms with E-state index in [1.165, 1.54) is 11.1 Å². The second-order valence-electron chi connectivity index (χ2n) is 9.35. The molecular formula is C32H47N3O8. The summed E-state index contributed by atoms with van der Waals surface area (Å²) in [6, 6.07) is 16.4. The molecule has 5 N–H and O–H groups in total. The van der Waals surface area contributed by atoms with E-state index in [9.17, 15) is 9.59 Å². The summed E-state index contributed by atoms with van der Waals surface area (Å²) in [7, 11) is 3.42. The summed E-state index contributed by atoms with van der Waals surface area (Å²) in [6.45, 7) is 6.58. The zero-order chi connectivity index (χ0) is 32.3. The number of aliphatic carboxylic acids is 2. The maximum atomic E-state index is 9.55. The Balaban J connectivity index is 0.000000665. The highest BCUT2D eigenvalue weighted by atomic mass is 16.6. The number of hydrogen-bond donors (Lipinski definition) is 4. The number of nitrogens with zero attached hydrogens (tertiary/aromatic N) is 2. The monoisotopic (exact) mass is 601 g/mol. The van der Waals surface area contributed by atoms with Crippen LogP contribution >= 0.6 is 0 Å². The van der Waals surface area contributed by atoms with Crippen molar-refractivity contribution in [2.45, 2.75) is 52.4 Å². The van der Waals surface area contributed by atoms with Gasteiger partial charge in [-0.25, -0.2) is 9.59 Å². The highest BCUT2D eigenvalue weighted by Gasteiger charge is 2.05. The Labute approximate surface area is 254 Å². The van der Waals surface area contributed by atoms with Gasteiger partial charge >= 0.3 is 11.9 Å². The molecule has 0 radical (unpaired) electrons. The standard InChI is InChI=1S/C15H24N2O2.C13H19NO2.C4H4O4/c1-13-6-8-14(9-7-13)15(17-19-12-10-16)5-3-4-11-18-2;1-11-6-8-12(9-7-11)13(14-15)5-3-4-10-16-2;5-3(6)1-2-4(7)8/h6-9H,3-5,10-12,16H2,1-2H3;6-9,15H,3-5,10H2,1-2H3;1-2H,(H,5,6)(H,7,8)/b17-15+;14-13+;2-1-. The quantitative estimate of drug-likeness (QED) is 0.0625. The smallest absolute Gasteiger partial charge is 0.328 e. The number of ether oxygens (including phenoxy) is 2. The summed E-state index contributed by atoms with van der Waals surface area (Å²) < 4.78 is 10.0. The number of benzene rings is 2. The van der Waals surface area contributed by atoms with E-state index in [1.807, 2.05) is 31.2 Å². The molecule has 0 unspecified atom stereocenters. The van der Waals surface area contributed by atoms with Gasteiger partial charge in [-0.2, -0.15) is 0 Å². The minimum Gasteiger partial charge on any atom is -0.478 e. The molecule has 11 nitrogen and oxygen atoms in total. The van der Waals surface area contributed by atoms with E-state index in [-0.39, 0.29) is 0 Å². The number of carboxylic acids is 2. The number of rotatable bonds is 17. The second-order valence-corrected chi connectivity index (χ2v) is 9.35. The van der Waals surface area contributed by atoms with Gasteiger partial charge in [-0.05, 0) is 63.5 Å². The molecule has 2 rings (SSSR count). The Hall–Kier alpha value is -4.06. The van der Waals surface area contributed by atoms with Gasteiger partial charge in [0.05, 0.1) is 11.4 Å². The minimum absolute atomic E-state index is 0.452. The third-order valence-corrected chi connectivity index (χ3v) is 5.67. The van der Waals surface area contributed by atoms with Crippen molar-refractivity contribution < 1.29 is 39.3 Å². The largest absolute Gasteiger partial charge is 0.478 e. The Kier molecular flexibility index (Phi) is 23.2. The first kappa shape index (κ1) is 38.9. The van der Waals surface area contributed by atoms with E-state index in [2.05, 4.69) is 41.5 Å². The predicted molar refractivity (Wildman–Crippen MR) is 168 cm³/mol. The van der Waals surface area contributed by atoms with Crippen molar-refractivity contribution in [3.63, 3.8) is 0 Å². The number of nitrogens with two attached hydrogens (primary N) is 1. The van der Waals surface area contributed by atoms with Crippen molar-refractivity contribution in [3.8, 4) is 0 Å². The molecule has 2 aromatic rings. The summed E-state index contributed by atoms with van der Waals surface area (Å²) in [4.78, 5) is 24.3. The van der Waals surface area contributed by atoms with Crippen molar-refractivity contribution in [3.05, 3.63) is 82.9 Å². The van der Waals surface area contributed by atoms with Crippen molar-refractivity contribution >= 4 is 23.4 Å². The minimum atomic E-state index is -1.26. The lowest BCUT2D eigenvalue weighted by Crippen LogP contribution is -2.08. The highest BCUT2D eigenvalue weighted by Crippen LogP contribution is 2.11. The second kappa shape index (κ2) is 25.6. The van der Waals surface area contributed by atoms with Crippen LogP contribution in [0.15, 0.2) is 71.0 Å². The molecule has 0 atom stereocenters. The van der Waals surface area contributed by atoms with Crippen LogP contribution in [0.25, 0.3) is 0 Å². The van der Waals surface area contributed by atoms with Crippen LogP contribution in [0.5, 0.6) is 0 Å². The van der Waals surface area contributed by atoms with Crippen LogP contribution in [-0.4, -0.2) is 79.4 Å². The summed E-state index contributed by atoms with van der Waals surface area (Å²) in [5.41, 5.74) is 11.7. The molecule has 11 heteroatoms. The van der Waals surface area contributed by atoms with Crippen molar-refractivity contribution in [2.75, 3.05) is 40.6 Å². The van der Waals surface area contributed by atoms with E-state index in [0.29, 0.717) is 25.3 Å². The molecule has 2 aromatic carbocycles. The number of unbranched alkanes of at least 4 members (excludes halogenated alkanes) is 2. The first-order chi connectivity index (χ1) is 20.7. The van der Waals surface area contributed by atoms with Crippen LogP contribution in [0.4, 0.5) is 0 Å². The number of aryl methyl sites for hydroxylation is 2. The normalized spacial score (nSPS) is 11.3. The zero-order valence-corrected chi connectivity index (χ0v) is 25.7. The molecule has 0 saturated heterocycles. The van der Waals surface area contributed by atoms with E-state index in [0.717, 1.165) is 74.3 Å². The molecular weight excluding hydrogens is 554 g/mol. The SMILES string of the molecule is COCCCC/C(=N\O)c1ccc(C)cc1.COCCCC/C(=N\OCCN)c1ccc(C)cc1.O=C(O)/C=C\C(=O)O. The number of hydrogen-bond acceptors (Lipinski definition) is 9. The van der Waals surface area contributed by atoms with E-state index < -0.39 is 11.9 Å². The summed E-state index contributed by atoms with van der Waals surface area (Å²) in [5.74, 6) is -2.51. The van der Waals surface area contributed by atoms with Gasteiger partial charge < -0.3 is 35.5 Å². The summed E-state index contributed by atoms with van der Waals surface area (Å²) in [5, 5.41) is 32.2. The zero-order valence-electron chi connectivity index (χ0n) is 25.7. The maximum absolute atomic E-state index is 9.55. The van der Waals surface area contributed by atoms with E-state index >= 15 is 0 Å². The van der Waals surface area contributed by atoms with Gasteiger partial charge in [0.15, 0.2) is 0 Å². The average Bonchev–Trinajstić information content (AvgIpc) is 2.99. The number of methoxy groups -OCH3 is 2. The highest BCUT2D eigenvalue weighted by molar-refractivity contribution is 6.00. The molecule has 0 aliphatic carbocycles. The number of carboxylic acid groups (broad SMARTS) is 2. The topological polar surface area (TPSA) is 173 Å². The Morgan fingerprint density at radius 1 is 0.721 bits per heavy atom. The lowest BCUT2D eigenvalue weighted by molar-refractivity contribution is -0.134. The van der Waals surface area contributed by atoms with Gasteiger partial charge in [0.25, 0.3) is 0 Å². The Morgan fingerprint density at radius 2 is 1.14 bits per heavy atom. The number of carbonyl (C=O) groups is 2. The molecule has 0 bridgehead atoms. The van der Waals surface area contributed by atoms with Gasteiger partial charge in [-0.1, -0.05) is 70.0 Å². The lowest BCUT2D eigenvalue weighted by atomic mass is 10.0. The molecule has 0 aromatic heterocycles. The van der Waals surface area contributed by atoms with Gasteiger partial charge in [-0.15, -0.1) is 0 Å². The Morgan fingerprint density at radius 3 is 1.51 bits per heavy atom. The van der Waals surface area contributed by atoms with Crippen LogP contribution in [0.3, 0.4) is 0 Å². The molecule has 0 heterocycles. The van der Waals surface area contributed by atoms with Gasteiger partial charge in [0.1, 0.15) is 6.61 Å².